The van der Waals surface area contributed by atoms with Crippen LogP contribution in [0.1, 0.15) is 43.4 Å². The molecular formula is C30H30N4O6. The van der Waals surface area contributed by atoms with Gasteiger partial charge in [0.25, 0.3) is 0 Å². The quantitative estimate of drug-likeness (QED) is 0.243. The number of carboxylic acids is 1. The summed E-state index contributed by atoms with van der Waals surface area (Å²) in [6.45, 7) is 5.35. The van der Waals surface area contributed by atoms with Crippen molar-refractivity contribution in [3.05, 3.63) is 83.4 Å². The summed E-state index contributed by atoms with van der Waals surface area (Å²) in [5.74, 6) is -1.12. The Bertz CT molecular complexity index is 1540. The van der Waals surface area contributed by atoms with Gasteiger partial charge in [-0.25, -0.2) is 19.4 Å². The van der Waals surface area contributed by atoms with Crippen LogP contribution < -0.4 is 10.6 Å². The molecule has 1 aliphatic carbocycles. The highest BCUT2D eigenvalue weighted by Gasteiger charge is 2.30. The predicted octanol–water partition coefficient (Wildman–Crippen LogP) is 5.44. The average Bonchev–Trinajstić information content (AvgIpc) is 3.43. The van der Waals surface area contributed by atoms with Gasteiger partial charge in [0.05, 0.1) is 11.0 Å². The number of ether oxygens (including phenoxy) is 2. The third-order valence-corrected chi connectivity index (χ3v) is 6.54. The van der Waals surface area contributed by atoms with E-state index in [0.29, 0.717) is 16.6 Å². The van der Waals surface area contributed by atoms with Gasteiger partial charge in [0.15, 0.2) is 0 Å². The molecule has 0 fully saturated rings. The summed E-state index contributed by atoms with van der Waals surface area (Å²) in [5, 5.41) is 14.8. The summed E-state index contributed by atoms with van der Waals surface area (Å²) in [6, 6.07) is 19.9. The Hall–Kier alpha value is -4.86. The number of hydrogen-bond acceptors (Lipinski definition) is 6. The molecule has 0 radical (unpaired) electrons. The number of benzene rings is 3. The molecule has 4 aromatic rings. The summed E-state index contributed by atoms with van der Waals surface area (Å²) >= 11 is 0. The van der Waals surface area contributed by atoms with Crippen LogP contribution in [0.5, 0.6) is 0 Å². The summed E-state index contributed by atoms with van der Waals surface area (Å²) in [5.41, 5.74) is 5.50. The normalized spacial score (nSPS) is 13.3. The van der Waals surface area contributed by atoms with Crippen LogP contribution in [0.2, 0.25) is 0 Å². The summed E-state index contributed by atoms with van der Waals surface area (Å²) in [7, 11) is 0. The van der Waals surface area contributed by atoms with E-state index in [1.54, 1.807) is 39.0 Å². The number of fused-ring (bicyclic) bond motifs is 4. The van der Waals surface area contributed by atoms with Gasteiger partial charge in [0.2, 0.25) is 5.95 Å². The molecule has 206 valence electrons. The van der Waals surface area contributed by atoms with Crippen LogP contribution in [0, 0.1) is 0 Å². The second-order valence-electron chi connectivity index (χ2n) is 10.6. The molecule has 0 saturated heterocycles. The maximum absolute atomic E-state index is 12.7. The molecule has 40 heavy (non-hydrogen) atoms. The molecule has 4 N–H and O–H groups in total. The number of aliphatic carboxylic acids is 1. The first-order chi connectivity index (χ1) is 19.1. The van der Waals surface area contributed by atoms with Crippen molar-refractivity contribution in [1.82, 2.24) is 15.3 Å². The van der Waals surface area contributed by atoms with Gasteiger partial charge in [-0.1, -0.05) is 54.6 Å². The lowest BCUT2D eigenvalue weighted by molar-refractivity contribution is -0.139. The number of carboxylic acid groups (broad SMARTS) is 1. The molecule has 0 saturated carbocycles. The number of alkyl carbamates (subject to hydrolysis) is 1. The molecule has 0 bridgehead atoms. The van der Waals surface area contributed by atoms with Gasteiger partial charge in [-0.3, -0.25) is 5.32 Å². The molecule has 5 rings (SSSR count). The lowest BCUT2D eigenvalue weighted by Crippen LogP contribution is -2.42. The Kier molecular flexibility index (Phi) is 7.17. The number of H-pyrrole nitrogens is 1. The lowest BCUT2D eigenvalue weighted by atomic mass is 9.98. The predicted molar refractivity (Wildman–Crippen MR) is 149 cm³/mol. The van der Waals surface area contributed by atoms with E-state index in [1.165, 1.54) is 0 Å². The minimum absolute atomic E-state index is 0.0172. The van der Waals surface area contributed by atoms with E-state index in [-0.39, 0.29) is 24.9 Å². The van der Waals surface area contributed by atoms with Crippen molar-refractivity contribution < 1.29 is 29.0 Å². The first kappa shape index (κ1) is 26.7. The van der Waals surface area contributed by atoms with Crippen LogP contribution in [-0.2, 0) is 20.7 Å². The number of aromatic nitrogens is 2. The topological polar surface area (TPSA) is 143 Å². The van der Waals surface area contributed by atoms with E-state index in [1.807, 2.05) is 48.5 Å². The van der Waals surface area contributed by atoms with Crippen molar-refractivity contribution in [2.45, 2.75) is 44.8 Å². The molecule has 2 amide bonds. The summed E-state index contributed by atoms with van der Waals surface area (Å²) < 4.78 is 10.8. The number of carbonyl (C=O) groups excluding carboxylic acids is 2. The Balaban J connectivity index is 1.22. The smallest absolute Gasteiger partial charge is 0.414 e. The van der Waals surface area contributed by atoms with Crippen LogP contribution in [0.4, 0.5) is 15.5 Å². The largest absolute Gasteiger partial charge is 0.480 e. The van der Waals surface area contributed by atoms with Gasteiger partial charge in [0, 0.05) is 12.3 Å². The molecule has 10 heteroatoms. The Morgan fingerprint density at radius 3 is 2.25 bits per heavy atom. The van der Waals surface area contributed by atoms with Crippen molar-refractivity contribution in [2.75, 3.05) is 11.9 Å². The Morgan fingerprint density at radius 1 is 0.975 bits per heavy atom. The fraction of sp³-hybridized carbons (Fsp3) is 0.267. The summed E-state index contributed by atoms with van der Waals surface area (Å²) in [4.78, 5) is 44.0. The SMILES string of the molecule is CC(C)(C)OC(=O)Nc1nc2ccc(C[C@H](NC(=O)OCC3c4ccccc4-c4ccccc43)C(=O)O)cc2[nH]1. The van der Waals surface area contributed by atoms with Crippen LogP contribution in [-0.4, -0.2) is 51.5 Å². The standard InChI is InChI=1S/C30H30N4O6/c1-30(2,3)40-29(38)34-27-31-23-13-12-17(14-24(23)32-27)15-25(26(35)36)33-28(37)39-16-22-20-10-6-4-8-18(20)19-9-5-7-11-21(19)22/h4-14,22,25H,15-16H2,1-3H3,(H,33,37)(H,35,36)(H2,31,32,34,38)/t25-/m0/s1. The maximum Gasteiger partial charge on any atom is 0.414 e. The number of hydrogen-bond donors (Lipinski definition) is 4. The first-order valence-electron chi connectivity index (χ1n) is 12.9. The Morgan fingerprint density at radius 2 is 1.62 bits per heavy atom. The van der Waals surface area contributed by atoms with E-state index >= 15 is 0 Å². The number of anilines is 1. The van der Waals surface area contributed by atoms with Crippen molar-refractivity contribution in [2.24, 2.45) is 0 Å². The molecule has 1 heterocycles. The van der Waals surface area contributed by atoms with Crippen LogP contribution >= 0.6 is 0 Å². The molecule has 0 unspecified atom stereocenters. The number of amides is 2. The third-order valence-electron chi connectivity index (χ3n) is 6.54. The van der Waals surface area contributed by atoms with Crippen molar-refractivity contribution in [3.63, 3.8) is 0 Å². The molecule has 1 aromatic heterocycles. The van der Waals surface area contributed by atoms with Crippen LogP contribution in [0.25, 0.3) is 22.2 Å². The minimum atomic E-state index is -1.21. The van der Waals surface area contributed by atoms with Crippen LogP contribution in [0.3, 0.4) is 0 Å². The highest BCUT2D eigenvalue weighted by Crippen LogP contribution is 2.44. The fourth-order valence-electron chi connectivity index (χ4n) is 4.86. The van der Waals surface area contributed by atoms with Gasteiger partial charge in [-0.15, -0.1) is 0 Å². The Labute approximate surface area is 230 Å². The monoisotopic (exact) mass is 542 g/mol. The zero-order valence-electron chi connectivity index (χ0n) is 22.4. The van der Waals surface area contributed by atoms with Crippen molar-refractivity contribution in [3.8, 4) is 11.1 Å². The van der Waals surface area contributed by atoms with E-state index in [9.17, 15) is 19.5 Å². The van der Waals surface area contributed by atoms with Gasteiger partial charge in [0.1, 0.15) is 18.2 Å². The molecule has 1 atom stereocenters. The number of nitrogens with one attached hydrogen (secondary N) is 3. The zero-order valence-corrected chi connectivity index (χ0v) is 22.4. The van der Waals surface area contributed by atoms with E-state index in [2.05, 4.69) is 20.6 Å². The van der Waals surface area contributed by atoms with E-state index < -0.39 is 29.8 Å². The summed E-state index contributed by atoms with van der Waals surface area (Å²) in [6.07, 6.45) is -1.44. The molecule has 1 aliphatic rings. The third kappa shape index (κ3) is 5.90. The van der Waals surface area contributed by atoms with Gasteiger partial charge in [-0.2, -0.15) is 0 Å². The number of aromatic amines is 1. The average molecular weight is 543 g/mol. The molecule has 10 nitrogen and oxygen atoms in total. The zero-order chi connectivity index (χ0) is 28.4. The fourth-order valence-corrected chi connectivity index (χ4v) is 4.86. The molecule has 0 spiro atoms. The van der Waals surface area contributed by atoms with Gasteiger partial charge < -0.3 is 24.9 Å². The van der Waals surface area contributed by atoms with Crippen molar-refractivity contribution >= 4 is 35.1 Å². The number of imidazole rings is 1. The maximum atomic E-state index is 12.7. The van der Waals surface area contributed by atoms with Gasteiger partial charge in [-0.05, 0) is 60.7 Å². The van der Waals surface area contributed by atoms with E-state index in [0.717, 1.165) is 22.3 Å². The highest BCUT2D eigenvalue weighted by atomic mass is 16.6. The van der Waals surface area contributed by atoms with Crippen molar-refractivity contribution in [1.29, 1.82) is 0 Å². The second-order valence-corrected chi connectivity index (χ2v) is 10.6. The second kappa shape index (κ2) is 10.7. The molecule has 3 aromatic carbocycles. The number of nitrogens with zero attached hydrogens (tertiary/aromatic N) is 1. The number of carbonyl (C=O) groups is 3. The first-order valence-corrected chi connectivity index (χ1v) is 12.9. The lowest BCUT2D eigenvalue weighted by Gasteiger charge is -2.18. The van der Waals surface area contributed by atoms with Gasteiger partial charge >= 0.3 is 18.2 Å². The number of rotatable bonds is 7. The van der Waals surface area contributed by atoms with E-state index in [4.69, 9.17) is 9.47 Å². The minimum Gasteiger partial charge on any atom is -0.480 e. The highest BCUT2D eigenvalue weighted by molar-refractivity contribution is 5.87. The molecular weight excluding hydrogens is 512 g/mol. The molecule has 0 aliphatic heterocycles. The van der Waals surface area contributed by atoms with Crippen LogP contribution in [0.15, 0.2) is 66.7 Å².